The largest absolute Gasteiger partial charge is 0.480 e. The minimum Gasteiger partial charge on any atom is -0.480 e. The quantitative estimate of drug-likeness (QED) is 0.731. The predicted molar refractivity (Wildman–Crippen MR) is 90.0 cm³/mol. The molecule has 7 nitrogen and oxygen atoms in total. The second kappa shape index (κ2) is 7.46. The molecule has 0 aliphatic carbocycles. The first kappa shape index (κ1) is 18.6. The standard InChI is InChI=1S/C18H22N2O5/c1-4-7-13(18(24)25)19-15(21)14(10(2)3)20-16(22)11-8-5-6-9-12(11)17(20)23/h5-6,8-10,13-14H,4,7H2,1-3H3,(H,19,21)(H,24,25). The van der Waals surface area contributed by atoms with Crippen LogP contribution in [-0.2, 0) is 9.59 Å². The number of rotatable bonds is 7. The van der Waals surface area contributed by atoms with Gasteiger partial charge in [0.05, 0.1) is 11.1 Å². The molecule has 0 saturated carbocycles. The van der Waals surface area contributed by atoms with Crippen molar-refractivity contribution in [1.82, 2.24) is 10.2 Å². The molecule has 1 aromatic carbocycles. The number of carbonyl (C=O) groups is 4. The molecule has 3 amide bonds. The van der Waals surface area contributed by atoms with Gasteiger partial charge in [-0.05, 0) is 24.5 Å². The van der Waals surface area contributed by atoms with E-state index < -0.39 is 35.8 Å². The first-order chi connectivity index (χ1) is 11.8. The van der Waals surface area contributed by atoms with Crippen molar-refractivity contribution < 1.29 is 24.3 Å². The maximum Gasteiger partial charge on any atom is 0.326 e. The van der Waals surface area contributed by atoms with E-state index in [4.69, 9.17) is 0 Å². The van der Waals surface area contributed by atoms with Crippen molar-refractivity contribution in [3.63, 3.8) is 0 Å². The molecule has 0 radical (unpaired) electrons. The first-order valence-electron chi connectivity index (χ1n) is 8.29. The van der Waals surface area contributed by atoms with E-state index >= 15 is 0 Å². The normalized spacial score (nSPS) is 15.9. The second-order valence-corrected chi connectivity index (χ2v) is 6.40. The van der Waals surface area contributed by atoms with E-state index in [9.17, 15) is 24.3 Å². The maximum atomic E-state index is 12.7. The number of fused-ring (bicyclic) bond motifs is 1. The Morgan fingerprint density at radius 3 is 2.04 bits per heavy atom. The lowest BCUT2D eigenvalue weighted by atomic mass is 10.0. The molecule has 1 aliphatic heterocycles. The summed E-state index contributed by atoms with van der Waals surface area (Å²) in [6, 6.07) is 4.28. The van der Waals surface area contributed by atoms with Crippen molar-refractivity contribution in [2.45, 2.75) is 45.7 Å². The van der Waals surface area contributed by atoms with Crippen molar-refractivity contribution in [2.24, 2.45) is 5.92 Å². The summed E-state index contributed by atoms with van der Waals surface area (Å²) in [5.74, 6) is -3.20. The molecule has 1 heterocycles. The van der Waals surface area contributed by atoms with Gasteiger partial charge in [-0.3, -0.25) is 19.3 Å². The minimum atomic E-state index is -1.14. The Bertz CT molecular complexity index is 678. The summed E-state index contributed by atoms with van der Waals surface area (Å²) in [5.41, 5.74) is 0.517. The van der Waals surface area contributed by atoms with Crippen molar-refractivity contribution in [1.29, 1.82) is 0 Å². The van der Waals surface area contributed by atoms with Crippen LogP contribution in [0.15, 0.2) is 24.3 Å². The van der Waals surface area contributed by atoms with E-state index in [1.54, 1.807) is 38.1 Å². The molecular formula is C18H22N2O5. The molecular weight excluding hydrogens is 324 g/mol. The van der Waals surface area contributed by atoms with Gasteiger partial charge in [-0.2, -0.15) is 0 Å². The van der Waals surface area contributed by atoms with Crippen LogP contribution in [0.2, 0.25) is 0 Å². The Balaban J connectivity index is 2.30. The van der Waals surface area contributed by atoms with Crippen LogP contribution in [0.5, 0.6) is 0 Å². The van der Waals surface area contributed by atoms with Gasteiger partial charge < -0.3 is 10.4 Å². The van der Waals surface area contributed by atoms with Gasteiger partial charge >= 0.3 is 5.97 Å². The zero-order valence-corrected chi connectivity index (χ0v) is 14.5. The number of imide groups is 1. The summed E-state index contributed by atoms with van der Waals surface area (Å²) in [4.78, 5) is 50.1. The van der Waals surface area contributed by atoms with Crippen molar-refractivity contribution >= 4 is 23.7 Å². The lowest BCUT2D eigenvalue weighted by Crippen LogP contribution is -2.55. The van der Waals surface area contributed by atoms with E-state index in [2.05, 4.69) is 5.32 Å². The number of aliphatic carboxylic acids is 1. The van der Waals surface area contributed by atoms with E-state index in [-0.39, 0.29) is 23.5 Å². The number of hydrogen-bond acceptors (Lipinski definition) is 4. The Morgan fingerprint density at radius 2 is 1.64 bits per heavy atom. The van der Waals surface area contributed by atoms with E-state index in [0.717, 1.165) is 4.90 Å². The minimum absolute atomic E-state index is 0.259. The zero-order valence-electron chi connectivity index (χ0n) is 14.5. The van der Waals surface area contributed by atoms with Gasteiger partial charge in [0, 0.05) is 0 Å². The highest BCUT2D eigenvalue weighted by Gasteiger charge is 2.44. The van der Waals surface area contributed by atoms with Crippen LogP contribution in [0.1, 0.15) is 54.3 Å². The van der Waals surface area contributed by atoms with Gasteiger partial charge in [0.1, 0.15) is 12.1 Å². The summed E-state index contributed by atoms with van der Waals surface area (Å²) in [7, 11) is 0. The molecule has 2 unspecified atom stereocenters. The van der Waals surface area contributed by atoms with Crippen molar-refractivity contribution in [3.05, 3.63) is 35.4 Å². The van der Waals surface area contributed by atoms with Gasteiger partial charge in [0.25, 0.3) is 11.8 Å². The highest BCUT2D eigenvalue weighted by Crippen LogP contribution is 2.27. The predicted octanol–water partition coefficient (Wildman–Crippen LogP) is 1.68. The molecule has 134 valence electrons. The molecule has 0 bridgehead atoms. The second-order valence-electron chi connectivity index (χ2n) is 6.40. The van der Waals surface area contributed by atoms with Crippen LogP contribution in [0, 0.1) is 5.92 Å². The molecule has 0 fully saturated rings. The fourth-order valence-corrected chi connectivity index (χ4v) is 2.98. The molecule has 0 spiro atoms. The molecule has 0 aromatic heterocycles. The smallest absolute Gasteiger partial charge is 0.326 e. The Hall–Kier alpha value is -2.70. The van der Waals surface area contributed by atoms with Crippen LogP contribution in [-0.4, -0.2) is 45.8 Å². The number of nitrogens with zero attached hydrogens (tertiary/aromatic N) is 1. The monoisotopic (exact) mass is 346 g/mol. The summed E-state index contributed by atoms with van der Waals surface area (Å²) in [6.07, 6.45) is 0.852. The highest BCUT2D eigenvalue weighted by molar-refractivity contribution is 6.22. The Kier molecular flexibility index (Phi) is 5.56. The molecule has 25 heavy (non-hydrogen) atoms. The zero-order chi connectivity index (χ0) is 18.7. The third-order valence-corrected chi connectivity index (χ3v) is 4.20. The molecule has 2 rings (SSSR count). The third kappa shape index (κ3) is 3.55. The van der Waals surface area contributed by atoms with Gasteiger partial charge in [0.2, 0.25) is 5.91 Å². The maximum absolute atomic E-state index is 12.7. The Morgan fingerprint density at radius 1 is 1.12 bits per heavy atom. The summed E-state index contributed by atoms with van der Waals surface area (Å²) in [5, 5.41) is 11.7. The fraction of sp³-hybridized carbons (Fsp3) is 0.444. The topological polar surface area (TPSA) is 104 Å². The van der Waals surface area contributed by atoms with Crippen LogP contribution >= 0.6 is 0 Å². The molecule has 0 saturated heterocycles. The molecule has 1 aromatic rings. The Labute approximate surface area is 146 Å². The summed E-state index contributed by atoms with van der Waals surface area (Å²) in [6.45, 7) is 5.24. The summed E-state index contributed by atoms with van der Waals surface area (Å²) >= 11 is 0. The number of carboxylic acids is 1. The lowest BCUT2D eigenvalue weighted by molar-refractivity contribution is -0.142. The first-order valence-corrected chi connectivity index (χ1v) is 8.29. The number of hydrogen-bond donors (Lipinski definition) is 2. The van der Waals surface area contributed by atoms with E-state index in [1.807, 2.05) is 6.92 Å². The van der Waals surface area contributed by atoms with Gasteiger partial charge in [0.15, 0.2) is 0 Å². The number of carboxylic acid groups (broad SMARTS) is 1. The van der Waals surface area contributed by atoms with Gasteiger partial charge in [-0.25, -0.2) is 4.79 Å². The highest BCUT2D eigenvalue weighted by atomic mass is 16.4. The van der Waals surface area contributed by atoms with Crippen LogP contribution in [0.25, 0.3) is 0 Å². The molecule has 2 N–H and O–H groups in total. The van der Waals surface area contributed by atoms with Crippen LogP contribution in [0.3, 0.4) is 0 Å². The van der Waals surface area contributed by atoms with Crippen molar-refractivity contribution in [3.8, 4) is 0 Å². The van der Waals surface area contributed by atoms with Crippen LogP contribution in [0.4, 0.5) is 0 Å². The number of nitrogens with one attached hydrogen (secondary N) is 1. The van der Waals surface area contributed by atoms with E-state index in [1.165, 1.54) is 0 Å². The van der Waals surface area contributed by atoms with Crippen LogP contribution < -0.4 is 5.32 Å². The summed E-state index contributed by atoms with van der Waals surface area (Å²) < 4.78 is 0. The average Bonchev–Trinajstić information content (AvgIpc) is 2.80. The lowest BCUT2D eigenvalue weighted by Gasteiger charge is -2.29. The number of benzene rings is 1. The van der Waals surface area contributed by atoms with Gasteiger partial charge in [-0.15, -0.1) is 0 Å². The number of carbonyl (C=O) groups excluding carboxylic acids is 3. The van der Waals surface area contributed by atoms with Gasteiger partial charge in [-0.1, -0.05) is 39.3 Å². The third-order valence-electron chi connectivity index (χ3n) is 4.20. The average molecular weight is 346 g/mol. The number of amides is 3. The van der Waals surface area contributed by atoms with Crippen molar-refractivity contribution in [2.75, 3.05) is 0 Å². The molecule has 1 aliphatic rings. The molecule has 2 atom stereocenters. The van der Waals surface area contributed by atoms with E-state index in [0.29, 0.717) is 6.42 Å². The fourth-order valence-electron chi connectivity index (χ4n) is 2.98. The molecule has 7 heteroatoms. The SMILES string of the molecule is CCCC(NC(=O)C(C(C)C)N1C(=O)c2ccccc2C1=O)C(=O)O.